The molecule has 3 nitrogen and oxygen atoms in total. The van der Waals surface area contributed by atoms with Gasteiger partial charge in [-0.2, -0.15) is 0 Å². The van der Waals surface area contributed by atoms with Crippen LogP contribution in [0.5, 0.6) is 0 Å². The Bertz CT molecular complexity index is 508. The summed E-state index contributed by atoms with van der Waals surface area (Å²) >= 11 is 0. The normalized spacial score (nSPS) is 10.2. The van der Waals surface area contributed by atoms with Crippen LogP contribution in [0.2, 0.25) is 0 Å². The van der Waals surface area contributed by atoms with Gasteiger partial charge in [-0.3, -0.25) is 9.78 Å². The Morgan fingerprint density at radius 2 is 2.00 bits per heavy atom. The van der Waals surface area contributed by atoms with E-state index in [9.17, 15) is 4.79 Å². The Labute approximate surface area is 74.8 Å². The van der Waals surface area contributed by atoms with E-state index >= 15 is 0 Å². The third kappa shape index (κ3) is 1.36. The molecule has 0 atom stereocenters. The first-order valence-corrected chi connectivity index (χ1v) is 3.92. The highest BCUT2D eigenvalue weighted by Gasteiger charge is 1.95. The van der Waals surface area contributed by atoms with Gasteiger partial charge >= 0.3 is 0 Å². The molecule has 0 bridgehead atoms. The third-order valence-corrected chi connectivity index (χ3v) is 1.82. The molecule has 0 aliphatic rings. The van der Waals surface area contributed by atoms with E-state index in [0.29, 0.717) is 16.6 Å². The molecule has 2 rings (SSSR count). The molecule has 64 valence electrons. The third-order valence-electron chi connectivity index (χ3n) is 1.82. The van der Waals surface area contributed by atoms with E-state index in [4.69, 9.17) is 5.73 Å². The molecular formula is C10H8N2O. The number of hydrogen-bond acceptors (Lipinski definition) is 3. The largest absolute Gasteiger partial charge is 0.397 e. The average Bonchev–Trinajstić information content (AvgIpc) is 2.27. The van der Waals surface area contributed by atoms with Crippen molar-refractivity contribution in [3.63, 3.8) is 0 Å². The summed E-state index contributed by atoms with van der Waals surface area (Å²) in [4.78, 5) is 15.6. The number of nitrogens with two attached hydrogens (primary N) is 1. The van der Waals surface area contributed by atoms with Crippen molar-refractivity contribution in [2.75, 3.05) is 5.73 Å². The summed E-state index contributed by atoms with van der Waals surface area (Å²) in [6, 6.07) is 8.56. The zero-order valence-electron chi connectivity index (χ0n) is 6.90. The van der Waals surface area contributed by atoms with E-state index in [-0.39, 0.29) is 5.43 Å². The first-order chi connectivity index (χ1) is 6.27. The van der Waals surface area contributed by atoms with E-state index in [1.807, 2.05) is 12.1 Å². The molecule has 0 unspecified atom stereocenters. The van der Waals surface area contributed by atoms with Crippen LogP contribution in [0, 0.1) is 0 Å². The molecule has 2 aromatic rings. The number of aromatic nitrogens is 1. The van der Waals surface area contributed by atoms with E-state index in [1.54, 1.807) is 12.1 Å². The fourth-order valence-electron chi connectivity index (χ4n) is 1.21. The summed E-state index contributed by atoms with van der Waals surface area (Å²) in [7, 11) is 0. The van der Waals surface area contributed by atoms with E-state index in [2.05, 4.69) is 4.98 Å². The standard InChI is InChI=1S/C10H8N2O/c11-7-5-10(13)8-3-1-2-4-9(8)12-6-7/h1-6H,11H2. The Hall–Kier alpha value is -1.90. The van der Waals surface area contributed by atoms with Crippen LogP contribution in [0.3, 0.4) is 0 Å². The summed E-state index contributed by atoms with van der Waals surface area (Å²) in [6.45, 7) is 0. The van der Waals surface area contributed by atoms with Crippen LogP contribution in [0.15, 0.2) is 41.3 Å². The molecular weight excluding hydrogens is 164 g/mol. The fourth-order valence-corrected chi connectivity index (χ4v) is 1.21. The molecule has 13 heavy (non-hydrogen) atoms. The van der Waals surface area contributed by atoms with Gasteiger partial charge < -0.3 is 5.73 Å². The number of benzene rings is 1. The number of fused-ring (bicyclic) bond motifs is 1. The molecule has 0 fully saturated rings. The number of nitrogen functional groups attached to an aromatic ring is 1. The predicted octanol–water partition coefficient (Wildman–Crippen LogP) is 1.18. The highest BCUT2D eigenvalue weighted by atomic mass is 16.1. The molecule has 2 N–H and O–H groups in total. The van der Waals surface area contributed by atoms with Crippen LogP contribution < -0.4 is 11.2 Å². The van der Waals surface area contributed by atoms with E-state index in [0.717, 1.165) is 0 Å². The summed E-state index contributed by atoms with van der Waals surface area (Å²) in [5.41, 5.74) is 6.46. The first-order valence-electron chi connectivity index (χ1n) is 3.92. The fraction of sp³-hybridized carbons (Fsp3) is 0. The zero-order chi connectivity index (χ0) is 9.26. The Kier molecular flexibility index (Phi) is 1.70. The number of rotatable bonds is 0. The molecule has 0 aliphatic heterocycles. The number of anilines is 1. The summed E-state index contributed by atoms with van der Waals surface area (Å²) in [5, 5.41) is 0.596. The van der Waals surface area contributed by atoms with Crippen molar-refractivity contribution >= 4 is 16.6 Å². The number of nitrogens with zero attached hydrogens (tertiary/aromatic N) is 1. The molecule has 0 radical (unpaired) electrons. The minimum Gasteiger partial charge on any atom is -0.397 e. The average molecular weight is 172 g/mol. The minimum atomic E-state index is -0.0920. The van der Waals surface area contributed by atoms with Gasteiger partial charge in [0.15, 0.2) is 5.43 Å². The summed E-state index contributed by atoms with van der Waals surface area (Å²) in [5.74, 6) is 0. The van der Waals surface area contributed by atoms with Crippen molar-refractivity contribution < 1.29 is 0 Å². The predicted molar refractivity (Wildman–Crippen MR) is 52.4 cm³/mol. The Morgan fingerprint density at radius 3 is 2.85 bits per heavy atom. The summed E-state index contributed by atoms with van der Waals surface area (Å²) < 4.78 is 0. The molecule has 1 heterocycles. The van der Waals surface area contributed by atoms with E-state index in [1.165, 1.54) is 12.3 Å². The maximum atomic E-state index is 11.5. The van der Waals surface area contributed by atoms with Gasteiger partial charge in [0.05, 0.1) is 17.4 Å². The van der Waals surface area contributed by atoms with E-state index < -0.39 is 0 Å². The second kappa shape index (κ2) is 2.86. The monoisotopic (exact) mass is 172 g/mol. The second-order valence-corrected chi connectivity index (χ2v) is 2.78. The Morgan fingerprint density at radius 1 is 1.23 bits per heavy atom. The van der Waals surface area contributed by atoms with Crippen LogP contribution in [0.4, 0.5) is 5.69 Å². The van der Waals surface area contributed by atoms with Gasteiger partial charge in [-0.05, 0) is 12.1 Å². The van der Waals surface area contributed by atoms with Gasteiger partial charge in [-0.1, -0.05) is 12.1 Å². The van der Waals surface area contributed by atoms with Crippen molar-refractivity contribution in [2.24, 2.45) is 0 Å². The van der Waals surface area contributed by atoms with Crippen LogP contribution in [0.25, 0.3) is 10.9 Å². The molecule has 0 saturated carbocycles. The molecule has 1 aromatic carbocycles. The van der Waals surface area contributed by atoms with Gasteiger partial charge in [-0.25, -0.2) is 0 Å². The summed E-state index contributed by atoms with van der Waals surface area (Å²) in [6.07, 6.45) is 1.49. The zero-order valence-corrected chi connectivity index (χ0v) is 6.90. The maximum Gasteiger partial charge on any atom is 0.190 e. The van der Waals surface area contributed by atoms with Crippen LogP contribution in [-0.2, 0) is 0 Å². The van der Waals surface area contributed by atoms with Crippen LogP contribution >= 0.6 is 0 Å². The van der Waals surface area contributed by atoms with Crippen molar-refractivity contribution in [1.82, 2.24) is 4.98 Å². The second-order valence-electron chi connectivity index (χ2n) is 2.78. The van der Waals surface area contributed by atoms with Gasteiger partial charge in [0.25, 0.3) is 0 Å². The highest BCUT2D eigenvalue weighted by Crippen LogP contribution is 2.05. The Balaban J connectivity index is 3.02. The molecule has 1 aromatic heterocycles. The van der Waals surface area contributed by atoms with Crippen molar-refractivity contribution in [1.29, 1.82) is 0 Å². The molecule has 0 saturated heterocycles. The molecule has 3 heteroatoms. The molecule has 0 amide bonds. The van der Waals surface area contributed by atoms with Gasteiger partial charge in [0.2, 0.25) is 0 Å². The molecule has 0 aliphatic carbocycles. The number of para-hydroxylation sites is 1. The minimum absolute atomic E-state index is 0.0920. The van der Waals surface area contributed by atoms with Crippen molar-refractivity contribution in [3.05, 3.63) is 46.8 Å². The first kappa shape index (κ1) is 7.73. The SMILES string of the molecule is Nc1cnc2ccccc2c(=O)c1. The quantitative estimate of drug-likeness (QED) is 0.649. The highest BCUT2D eigenvalue weighted by molar-refractivity contribution is 5.78. The van der Waals surface area contributed by atoms with Crippen LogP contribution in [0.1, 0.15) is 0 Å². The smallest absolute Gasteiger partial charge is 0.190 e. The van der Waals surface area contributed by atoms with Crippen molar-refractivity contribution in [2.45, 2.75) is 0 Å². The lowest BCUT2D eigenvalue weighted by atomic mass is 10.2. The molecule has 0 spiro atoms. The van der Waals surface area contributed by atoms with Gasteiger partial charge in [0, 0.05) is 11.5 Å². The van der Waals surface area contributed by atoms with Crippen LogP contribution in [-0.4, -0.2) is 4.98 Å². The van der Waals surface area contributed by atoms with Gasteiger partial charge in [0.1, 0.15) is 0 Å². The lowest BCUT2D eigenvalue weighted by molar-refractivity contribution is 1.44. The number of hydrogen-bond donors (Lipinski definition) is 1. The topological polar surface area (TPSA) is 56.0 Å². The lowest BCUT2D eigenvalue weighted by Gasteiger charge is -1.85. The van der Waals surface area contributed by atoms with Gasteiger partial charge in [-0.15, -0.1) is 0 Å². The van der Waals surface area contributed by atoms with Crippen molar-refractivity contribution in [3.8, 4) is 0 Å². The lowest BCUT2D eigenvalue weighted by Crippen LogP contribution is -1.96. The maximum absolute atomic E-state index is 11.5.